The standard InChI is InChI=1S/C13H10BrNO3/c1-18-13(17)12-10(16)7-9(14)11(15-12)8-5-3-2-4-6-8/h2-7,16H,1H3. The lowest BCUT2D eigenvalue weighted by molar-refractivity contribution is 0.0590. The van der Waals surface area contributed by atoms with Crippen LogP contribution in [0.5, 0.6) is 5.75 Å². The van der Waals surface area contributed by atoms with Crippen molar-refractivity contribution in [2.75, 3.05) is 7.11 Å². The molecular weight excluding hydrogens is 298 g/mol. The Morgan fingerprint density at radius 1 is 1.33 bits per heavy atom. The maximum atomic E-state index is 11.5. The summed E-state index contributed by atoms with van der Waals surface area (Å²) in [6, 6.07) is 10.8. The molecule has 2 rings (SSSR count). The van der Waals surface area contributed by atoms with Crippen LogP contribution < -0.4 is 0 Å². The summed E-state index contributed by atoms with van der Waals surface area (Å²) in [4.78, 5) is 15.6. The van der Waals surface area contributed by atoms with Gasteiger partial charge in [-0.1, -0.05) is 30.3 Å². The van der Waals surface area contributed by atoms with Gasteiger partial charge in [0.1, 0.15) is 5.75 Å². The molecule has 18 heavy (non-hydrogen) atoms. The van der Waals surface area contributed by atoms with E-state index in [2.05, 4.69) is 25.7 Å². The van der Waals surface area contributed by atoms with E-state index in [1.165, 1.54) is 13.2 Å². The van der Waals surface area contributed by atoms with Crippen molar-refractivity contribution in [3.05, 3.63) is 46.6 Å². The van der Waals surface area contributed by atoms with Gasteiger partial charge in [-0.25, -0.2) is 9.78 Å². The van der Waals surface area contributed by atoms with E-state index < -0.39 is 5.97 Å². The number of pyridine rings is 1. The molecule has 0 saturated carbocycles. The van der Waals surface area contributed by atoms with Crippen molar-refractivity contribution in [3.8, 4) is 17.0 Å². The molecule has 0 atom stereocenters. The summed E-state index contributed by atoms with van der Waals surface area (Å²) in [5.41, 5.74) is 1.32. The summed E-state index contributed by atoms with van der Waals surface area (Å²) in [7, 11) is 1.24. The van der Waals surface area contributed by atoms with Crippen molar-refractivity contribution in [1.29, 1.82) is 0 Å². The fourth-order valence-electron chi connectivity index (χ4n) is 1.52. The van der Waals surface area contributed by atoms with Crippen LogP contribution in [0.25, 0.3) is 11.3 Å². The van der Waals surface area contributed by atoms with Crippen molar-refractivity contribution in [2.45, 2.75) is 0 Å². The SMILES string of the molecule is COC(=O)c1nc(-c2ccccc2)c(Br)cc1O. The van der Waals surface area contributed by atoms with Crippen LogP contribution >= 0.6 is 15.9 Å². The zero-order chi connectivity index (χ0) is 13.1. The van der Waals surface area contributed by atoms with Crippen molar-refractivity contribution >= 4 is 21.9 Å². The molecule has 0 saturated heterocycles. The summed E-state index contributed by atoms with van der Waals surface area (Å²) >= 11 is 3.31. The molecule has 0 bridgehead atoms. The Balaban J connectivity index is 2.59. The van der Waals surface area contributed by atoms with E-state index in [1.807, 2.05) is 30.3 Å². The Bertz CT molecular complexity index is 584. The second-order valence-electron chi connectivity index (χ2n) is 3.54. The summed E-state index contributed by atoms with van der Waals surface area (Å²) < 4.78 is 5.18. The Labute approximate surface area is 112 Å². The number of aromatic hydroxyl groups is 1. The number of methoxy groups -OCH3 is 1. The lowest BCUT2D eigenvalue weighted by Crippen LogP contribution is -2.05. The summed E-state index contributed by atoms with van der Waals surface area (Å²) in [6.45, 7) is 0. The van der Waals surface area contributed by atoms with Crippen molar-refractivity contribution in [1.82, 2.24) is 4.98 Å². The number of hydrogen-bond donors (Lipinski definition) is 1. The molecule has 4 nitrogen and oxygen atoms in total. The molecule has 0 aliphatic carbocycles. The first-order valence-corrected chi connectivity index (χ1v) is 5.96. The number of halogens is 1. The van der Waals surface area contributed by atoms with Crippen LogP contribution in [0.1, 0.15) is 10.5 Å². The zero-order valence-electron chi connectivity index (χ0n) is 9.55. The lowest BCUT2D eigenvalue weighted by Gasteiger charge is -2.08. The molecule has 0 radical (unpaired) electrons. The fraction of sp³-hybridized carbons (Fsp3) is 0.0769. The van der Waals surface area contributed by atoms with Gasteiger partial charge in [-0.15, -0.1) is 0 Å². The summed E-state index contributed by atoms with van der Waals surface area (Å²) in [5, 5.41) is 9.67. The van der Waals surface area contributed by atoms with Crippen LogP contribution in [0.15, 0.2) is 40.9 Å². The topological polar surface area (TPSA) is 59.4 Å². The Hall–Kier alpha value is -1.88. The molecule has 5 heteroatoms. The number of benzene rings is 1. The van der Waals surface area contributed by atoms with Gasteiger partial charge in [-0.05, 0) is 22.0 Å². The van der Waals surface area contributed by atoms with Gasteiger partial charge in [0.2, 0.25) is 0 Å². The maximum Gasteiger partial charge on any atom is 0.360 e. The predicted octanol–water partition coefficient (Wildman–Crippen LogP) is 3.00. The van der Waals surface area contributed by atoms with E-state index >= 15 is 0 Å². The normalized spacial score (nSPS) is 10.1. The number of nitrogens with zero attached hydrogens (tertiary/aromatic N) is 1. The molecule has 0 unspecified atom stereocenters. The molecule has 92 valence electrons. The highest BCUT2D eigenvalue weighted by molar-refractivity contribution is 9.10. The van der Waals surface area contributed by atoms with E-state index in [1.54, 1.807) is 0 Å². The van der Waals surface area contributed by atoms with Gasteiger partial charge < -0.3 is 9.84 Å². The molecule has 0 amide bonds. The largest absolute Gasteiger partial charge is 0.505 e. The van der Waals surface area contributed by atoms with E-state index in [4.69, 9.17) is 0 Å². The van der Waals surface area contributed by atoms with Crippen LogP contribution in [0.2, 0.25) is 0 Å². The zero-order valence-corrected chi connectivity index (χ0v) is 11.1. The molecule has 1 N–H and O–H groups in total. The van der Waals surface area contributed by atoms with E-state index in [9.17, 15) is 9.90 Å². The fourth-order valence-corrected chi connectivity index (χ4v) is 2.06. The van der Waals surface area contributed by atoms with Crippen molar-refractivity contribution < 1.29 is 14.6 Å². The van der Waals surface area contributed by atoms with Crippen LogP contribution in [0.3, 0.4) is 0 Å². The quantitative estimate of drug-likeness (QED) is 0.866. The number of rotatable bonds is 2. The first kappa shape index (κ1) is 12.6. The van der Waals surface area contributed by atoms with Gasteiger partial charge in [0.15, 0.2) is 5.69 Å². The molecule has 0 aliphatic rings. The van der Waals surface area contributed by atoms with Gasteiger partial charge in [0, 0.05) is 10.0 Å². The van der Waals surface area contributed by atoms with Gasteiger partial charge in [0.05, 0.1) is 12.8 Å². The third-order valence-corrected chi connectivity index (χ3v) is 2.99. The average Bonchev–Trinajstić information content (AvgIpc) is 2.39. The van der Waals surface area contributed by atoms with E-state index in [0.29, 0.717) is 10.2 Å². The Morgan fingerprint density at radius 3 is 2.61 bits per heavy atom. The first-order chi connectivity index (χ1) is 8.63. The average molecular weight is 308 g/mol. The van der Waals surface area contributed by atoms with Gasteiger partial charge in [-0.3, -0.25) is 0 Å². The highest BCUT2D eigenvalue weighted by atomic mass is 79.9. The lowest BCUT2D eigenvalue weighted by atomic mass is 10.1. The Kier molecular flexibility index (Phi) is 3.62. The Morgan fingerprint density at radius 2 is 2.00 bits per heavy atom. The number of aromatic nitrogens is 1. The number of hydrogen-bond acceptors (Lipinski definition) is 4. The molecule has 0 fully saturated rings. The molecule has 1 aromatic heterocycles. The smallest absolute Gasteiger partial charge is 0.360 e. The van der Waals surface area contributed by atoms with Crippen LogP contribution in [-0.4, -0.2) is 23.2 Å². The second kappa shape index (κ2) is 5.18. The maximum absolute atomic E-state index is 11.5. The predicted molar refractivity (Wildman–Crippen MR) is 70.4 cm³/mol. The minimum Gasteiger partial charge on any atom is -0.505 e. The van der Waals surface area contributed by atoms with E-state index in [-0.39, 0.29) is 11.4 Å². The van der Waals surface area contributed by atoms with Crippen LogP contribution in [0, 0.1) is 0 Å². The third kappa shape index (κ3) is 2.36. The molecule has 2 aromatic rings. The number of carbonyl (C=O) groups excluding carboxylic acids is 1. The second-order valence-corrected chi connectivity index (χ2v) is 4.40. The van der Waals surface area contributed by atoms with E-state index in [0.717, 1.165) is 5.56 Å². The number of carbonyl (C=O) groups is 1. The highest BCUT2D eigenvalue weighted by Gasteiger charge is 2.17. The van der Waals surface area contributed by atoms with Crippen molar-refractivity contribution in [2.24, 2.45) is 0 Å². The summed E-state index contributed by atoms with van der Waals surface area (Å²) in [6.07, 6.45) is 0. The van der Waals surface area contributed by atoms with Crippen LogP contribution in [-0.2, 0) is 4.74 Å². The highest BCUT2D eigenvalue weighted by Crippen LogP contribution is 2.31. The summed E-state index contributed by atoms with van der Waals surface area (Å²) in [5.74, 6) is -0.884. The molecule has 1 heterocycles. The third-order valence-electron chi connectivity index (χ3n) is 2.38. The monoisotopic (exact) mass is 307 g/mol. The van der Waals surface area contributed by atoms with Crippen LogP contribution in [0.4, 0.5) is 0 Å². The van der Waals surface area contributed by atoms with Gasteiger partial charge in [0.25, 0.3) is 0 Å². The number of ether oxygens (including phenoxy) is 1. The molecule has 1 aromatic carbocycles. The molecule has 0 aliphatic heterocycles. The van der Waals surface area contributed by atoms with Crippen molar-refractivity contribution in [3.63, 3.8) is 0 Å². The van der Waals surface area contributed by atoms with Gasteiger partial charge >= 0.3 is 5.97 Å². The minimum atomic E-state index is -0.669. The first-order valence-electron chi connectivity index (χ1n) is 5.16. The molecular formula is C13H10BrNO3. The number of esters is 1. The minimum absolute atomic E-state index is 0.0976. The molecule has 0 spiro atoms. The van der Waals surface area contributed by atoms with Gasteiger partial charge in [-0.2, -0.15) is 0 Å².